The average Bonchev–Trinajstić information content (AvgIpc) is 2.99. The number of nitrogens with one attached hydrogen (secondary N) is 1. The molecule has 2 atom stereocenters. The van der Waals surface area contributed by atoms with E-state index in [0.29, 0.717) is 25.5 Å². The number of aromatic nitrogens is 2. The van der Waals surface area contributed by atoms with Crippen molar-refractivity contribution in [1.29, 1.82) is 0 Å². The maximum absolute atomic E-state index is 12.6. The lowest BCUT2D eigenvalue weighted by atomic mass is 9.86. The van der Waals surface area contributed by atoms with Crippen molar-refractivity contribution in [3.63, 3.8) is 0 Å². The maximum atomic E-state index is 12.6. The Morgan fingerprint density at radius 1 is 1.56 bits per heavy atom. The zero-order valence-corrected chi connectivity index (χ0v) is 10.6. The van der Waals surface area contributed by atoms with E-state index in [9.17, 15) is 4.79 Å². The minimum Gasteiger partial charge on any atom is -0.378 e. The molecule has 1 N–H and O–H groups in total. The second-order valence-corrected chi connectivity index (χ2v) is 5.37. The van der Waals surface area contributed by atoms with Crippen LogP contribution in [0.25, 0.3) is 0 Å². The fourth-order valence-corrected chi connectivity index (χ4v) is 2.65. The van der Waals surface area contributed by atoms with E-state index in [2.05, 4.69) is 10.4 Å². The van der Waals surface area contributed by atoms with Crippen LogP contribution in [0.15, 0.2) is 18.5 Å². The summed E-state index contributed by atoms with van der Waals surface area (Å²) in [6.07, 6.45) is 7.29. The molecule has 5 nitrogen and oxygen atoms in total. The van der Waals surface area contributed by atoms with Crippen LogP contribution in [-0.2, 0) is 15.1 Å². The van der Waals surface area contributed by atoms with Crippen molar-refractivity contribution < 1.29 is 9.53 Å². The van der Waals surface area contributed by atoms with Gasteiger partial charge in [0, 0.05) is 37.9 Å². The molecular formula is C13H19N3O2. The Morgan fingerprint density at radius 2 is 2.39 bits per heavy atom. The molecule has 2 unspecified atom stereocenters. The van der Waals surface area contributed by atoms with Gasteiger partial charge in [0.15, 0.2) is 0 Å². The van der Waals surface area contributed by atoms with Gasteiger partial charge in [-0.25, -0.2) is 0 Å². The lowest BCUT2D eigenvalue weighted by Crippen LogP contribution is -2.54. The van der Waals surface area contributed by atoms with Crippen LogP contribution in [0.2, 0.25) is 0 Å². The lowest BCUT2D eigenvalue weighted by Gasteiger charge is -2.38. The van der Waals surface area contributed by atoms with Gasteiger partial charge in [0.1, 0.15) is 5.54 Å². The van der Waals surface area contributed by atoms with Gasteiger partial charge in [-0.15, -0.1) is 0 Å². The summed E-state index contributed by atoms with van der Waals surface area (Å²) < 4.78 is 7.39. The Kier molecular flexibility index (Phi) is 2.86. The Morgan fingerprint density at radius 3 is 3.00 bits per heavy atom. The summed E-state index contributed by atoms with van der Waals surface area (Å²) in [5.41, 5.74) is -0.566. The molecular weight excluding hydrogens is 230 g/mol. The van der Waals surface area contributed by atoms with Gasteiger partial charge in [0.05, 0.1) is 6.10 Å². The van der Waals surface area contributed by atoms with Crippen LogP contribution in [0.4, 0.5) is 0 Å². The molecule has 2 fully saturated rings. The minimum atomic E-state index is -0.566. The highest BCUT2D eigenvalue weighted by Crippen LogP contribution is 2.33. The Hall–Kier alpha value is -1.36. The molecule has 1 saturated carbocycles. The van der Waals surface area contributed by atoms with Crippen LogP contribution in [0.3, 0.4) is 0 Å². The van der Waals surface area contributed by atoms with Crippen molar-refractivity contribution in [2.24, 2.45) is 0 Å². The third-order valence-corrected chi connectivity index (χ3v) is 3.82. The van der Waals surface area contributed by atoms with Gasteiger partial charge in [-0.1, -0.05) is 0 Å². The third-order valence-electron chi connectivity index (χ3n) is 3.82. The molecule has 1 aliphatic heterocycles. The van der Waals surface area contributed by atoms with Crippen LogP contribution in [0, 0.1) is 0 Å². The van der Waals surface area contributed by atoms with Gasteiger partial charge in [0.2, 0.25) is 5.91 Å². The number of carbonyl (C=O) groups excluding carboxylic acids is 1. The first-order chi connectivity index (χ1) is 8.71. The van der Waals surface area contributed by atoms with Gasteiger partial charge in [-0.05, 0) is 25.8 Å². The van der Waals surface area contributed by atoms with Crippen molar-refractivity contribution in [3.05, 3.63) is 18.5 Å². The second-order valence-electron chi connectivity index (χ2n) is 5.37. The van der Waals surface area contributed by atoms with Crippen molar-refractivity contribution in [2.45, 2.75) is 50.3 Å². The third kappa shape index (κ3) is 2.03. The molecule has 1 aromatic rings. The maximum Gasteiger partial charge on any atom is 0.248 e. The van der Waals surface area contributed by atoms with Crippen molar-refractivity contribution in [2.75, 3.05) is 6.61 Å². The first-order valence-corrected chi connectivity index (χ1v) is 6.63. The molecule has 1 aromatic heterocycles. The van der Waals surface area contributed by atoms with E-state index in [1.165, 1.54) is 0 Å². The molecule has 0 bridgehead atoms. The molecule has 0 spiro atoms. The van der Waals surface area contributed by atoms with E-state index in [0.717, 1.165) is 12.8 Å². The summed E-state index contributed by atoms with van der Waals surface area (Å²) >= 11 is 0. The number of carbonyl (C=O) groups is 1. The zero-order valence-electron chi connectivity index (χ0n) is 10.6. The quantitative estimate of drug-likeness (QED) is 0.871. The first-order valence-electron chi connectivity index (χ1n) is 6.63. The van der Waals surface area contributed by atoms with Gasteiger partial charge in [0.25, 0.3) is 0 Å². The van der Waals surface area contributed by atoms with Crippen LogP contribution >= 0.6 is 0 Å². The Labute approximate surface area is 107 Å². The van der Waals surface area contributed by atoms with Gasteiger partial charge >= 0.3 is 0 Å². The summed E-state index contributed by atoms with van der Waals surface area (Å²) in [5.74, 6) is 0.101. The highest BCUT2D eigenvalue weighted by molar-refractivity contribution is 5.85. The van der Waals surface area contributed by atoms with Crippen LogP contribution in [-0.4, -0.2) is 34.4 Å². The van der Waals surface area contributed by atoms with Crippen molar-refractivity contribution >= 4 is 5.91 Å². The second kappa shape index (κ2) is 4.39. The summed E-state index contributed by atoms with van der Waals surface area (Å²) in [5, 5.41) is 7.41. The topological polar surface area (TPSA) is 56.2 Å². The number of hydrogen-bond acceptors (Lipinski definition) is 3. The van der Waals surface area contributed by atoms with E-state index >= 15 is 0 Å². The zero-order chi connectivity index (χ0) is 12.6. The predicted molar refractivity (Wildman–Crippen MR) is 66.0 cm³/mol. The molecule has 18 heavy (non-hydrogen) atoms. The normalized spacial score (nSPS) is 32.2. The van der Waals surface area contributed by atoms with Gasteiger partial charge in [-0.2, -0.15) is 5.10 Å². The van der Waals surface area contributed by atoms with E-state index in [-0.39, 0.29) is 12.0 Å². The van der Waals surface area contributed by atoms with E-state index in [1.54, 1.807) is 6.20 Å². The molecule has 1 aliphatic carbocycles. The summed E-state index contributed by atoms with van der Waals surface area (Å²) in [6.45, 7) is 2.63. The van der Waals surface area contributed by atoms with Crippen LogP contribution in [0.1, 0.15) is 32.6 Å². The molecule has 1 amide bonds. The summed E-state index contributed by atoms with van der Waals surface area (Å²) in [4.78, 5) is 12.6. The largest absolute Gasteiger partial charge is 0.378 e. The van der Waals surface area contributed by atoms with Crippen molar-refractivity contribution in [1.82, 2.24) is 15.1 Å². The average molecular weight is 249 g/mol. The fourth-order valence-electron chi connectivity index (χ4n) is 2.65. The van der Waals surface area contributed by atoms with E-state index in [4.69, 9.17) is 4.74 Å². The molecule has 3 rings (SSSR count). The van der Waals surface area contributed by atoms with E-state index < -0.39 is 5.54 Å². The van der Waals surface area contributed by atoms with Crippen LogP contribution in [0.5, 0.6) is 0 Å². The molecule has 1 saturated heterocycles. The number of rotatable bonds is 3. The molecule has 0 radical (unpaired) electrons. The molecule has 2 aliphatic rings. The predicted octanol–water partition coefficient (Wildman–Crippen LogP) is 1.06. The summed E-state index contributed by atoms with van der Waals surface area (Å²) in [7, 11) is 0. The SMILES string of the molecule is CC1CC(C(=O)NC2CC2)(n2cccn2)CCO1. The highest BCUT2D eigenvalue weighted by atomic mass is 16.5. The Balaban J connectivity index is 1.88. The van der Waals surface area contributed by atoms with E-state index in [1.807, 2.05) is 23.9 Å². The summed E-state index contributed by atoms with van der Waals surface area (Å²) in [6, 6.07) is 2.25. The standard InChI is InChI=1S/C13H19N3O2/c1-10-9-13(5-8-18-10,16-7-2-6-14-16)12(17)15-11-3-4-11/h2,6-7,10-11H,3-5,8-9H2,1H3,(H,15,17). The molecule has 2 heterocycles. The highest BCUT2D eigenvalue weighted by Gasteiger charge is 2.46. The molecule has 0 aromatic carbocycles. The van der Waals surface area contributed by atoms with Crippen molar-refractivity contribution in [3.8, 4) is 0 Å². The fraction of sp³-hybridized carbons (Fsp3) is 0.692. The lowest BCUT2D eigenvalue weighted by molar-refractivity contribution is -0.139. The first kappa shape index (κ1) is 11.7. The van der Waals surface area contributed by atoms with Gasteiger partial charge in [-0.3, -0.25) is 9.48 Å². The number of amides is 1. The Bertz CT molecular complexity index is 427. The molecule has 5 heteroatoms. The van der Waals surface area contributed by atoms with Gasteiger partial charge < -0.3 is 10.1 Å². The minimum absolute atomic E-state index is 0.0907. The number of ether oxygens (including phenoxy) is 1. The van der Waals surface area contributed by atoms with Crippen LogP contribution < -0.4 is 5.32 Å². The number of nitrogens with zero attached hydrogens (tertiary/aromatic N) is 2. The monoisotopic (exact) mass is 249 g/mol. The molecule has 98 valence electrons. The smallest absolute Gasteiger partial charge is 0.248 e. The number of hydrogen-bond donors (Lipinski definition) is 1.